The van der Waals surface area contributed by atoms with Gasteiger partial charge in [-0.25, -0.2) is 18.2 Å². The number of sulfonamides is 1. The van der Waals surface area contributed by atoms with Gasteiger partial charge in [0.2, 0.25) is 21.8 Å². The Kier molecular flexibility index (Phi) is 10.4. The van der Waals surface area contributed by atoms with Gasteiger partial charge in [-0.05, 0) is 43.2 Å². The number of rotatable bonds is 10. The summed E-state index contributed by atoms with van der Waals surface area (Å²) < 4.78 is 120. The first-order chi connectivity index (χ1) is 23.0. The van der Waals surface area contributed by atoms with Gasteiger partial charge in [0.15, 0.2) is 5.76 Å². The van der Waals surface area contributed by atoms with E-state index in [1.165, 1.54) is 30.0 Å². The molecular formula is C28H26ClF6N5O7S2. The summed E-state index contributed by atoms with van der Waals surface area (Å²) in [6, 6.07) is -2.97. The van der Waals surface area contributed by atoms with Crippen LogP contribution in [0.3, 0.4) is 0 Å². The number of amides is 2. The minimum atomic E-state index is -5.78. The van der Waals surface area contributed by atoms with Gasteiger partial charge in [0.05, 0.1) is 19.8 Å². The number of piperazine rings is 1. The third-order valence-corrected chi connectivity index (χ3v) is 11.2. The third kappa shape index (κ3) is 7.28. The van der Waals surface area contributed by atoms with Crippen molar-refractivity contribution in [3.05, 3.63) is 52.0 Å². The van der Waals surface area contributed by atoms with Crippen LogP contribution in [0.2, 0.25) is 4.34 Å². The first-order valence-corrected chi connectivity index (χ1v) is 17.1. The van der Waals surface area contributed by atoms with Crippen molar-refractivity contribution in [1.29, 1.82) is 0 Å². The molecule has 21 heteroatoms. The number of benzene rings is 1. The zero-order valence-corrected chi connectivity index (χ0v) is 27.6. The topological polar surface area (TPSA) is 142 Å². The Morgan fingerprint density at radius 2 is 1.94 bits per heavy atom. The minimum Gasteiger partial charge on any atom is -0.355 e. The number of aromatic nitrogens is 1. The lowest BCUT2D eigenvalue weighted by molar-refractivity contribution is -0.230. The van der Waals surface area contributed by atoms with Crippen LogP contribution in [0.15, 0.2) is 45.8 Å². The number of anilines is 1. The molecule has 2 saturated heterocycles. The standard InChI is InChI=1S/C28H26ClF6N5O7S2/c1-15-17(39-10-3-6-24(39)41)4-2-5-21(15)49(44,45)40(28(33,34)26(43)46-35)18(25(42)38-11-9-36-22(14-38)27(30,31)32)12-16-13-19(47-37-16)20-7-8-23(29)48-20/h2,4-5,7-8,13,18,22,36H,3,6,9-12,14H2,1H3/t18-,22?/m0/s1. The predicted molar refractivity (Wildman–Crippen MR) is 161 cm³/mol. The maximum Gasteiger partial charge on any atom is 0.435 e. The highest BCUT2D eigenvalue weighted by atomic mass is 35.5. The molecule has 12 nitrogen and oxygen atoms in total. The largest absolute Gasteiger partial charge is 0.435 e. The Bertz CT molecular complexity index is 1850. The minimum absolute atomic E-state index is 0.0144. The Balaban J connectivity index is 1.66. The number of nitrogens with zero attached hydrogens (tertiary/aromatic N) is 4. The van der Waals surface area contributed by atoms with E-state index in [0.717, 1.165) is 29.5 Å². The van der Waals surface area contributed by atoms with Gasteiger partial charge in [-0.15, -0.1) is 15.6 Å². The van der Waals surface area contributed by atoms with Gasteiger partial charge in [-0.2, -0.15) is 22.0 Å². The van der Waals surface area contributed by atoms with Crippen molar-refractivity contribution in [1.82, 2.24) is 19.7 Å². The lowest BCUT2D eigenvalue weighted by Crippen LogP contribution is -2.65. The molecule has 3 aromatic rings. The van der Waals surface area contributed by atoms with E-state index in [4.69, 9.17) is 16.1 Å². The fourth-order valence-electron chi connectivity index (χ4n) is 5.65. The maximum atomic E-state index is 16.0. The van der Waals surface area contributed by atoms with Crippen molar-refractivity contribution >= 4 is 56.4 Å². The van der Waals surface area contributed by atoms with Crippen LogP contribution in [0.1, 0.15) is 24.1 Å². The number of hydrogen-bond donors (Lipinski definition) is 1. The molecule has 0 saturated carbocycles. The summed E-state index contributed by atoms with van der Waals surface area (Å²) in [6.45, 7) is -0.704. The summed E-state index contributed by atoms with van der Waals surface area (Å²) in [5.41, 5.74) is -0.553. The SMILES string of the molecule is Cc1c(N2CCCC2=O)cccc1S(=O)(=O)N([C@@H](Cc1cc(-c2ccc(Cl)s2)on1)C(=O)N1CCNC(C(F)(F)F)C1)C(F)(F)C(=O)OF. The molecule has 1 unspecified atom stereocenters. The van der Waals surface area contributed by atoms with Gasteiger partial charge in [0, 0.05) is 55.3 Å². The molecule has 2 amide bonds. The molecule has 2 aromatic heterocycles. The van der Waals surface area contributed by atoms with E-state index in [1.54, 1.807) is 0 Å². The molecule has 2 fully saturated rings. The Morgan fingerprint density at radius 3 is 2.55 bits per heavy atom. The smallest absolute Gasteiger partial charge is 0.355 e. The second-order valence-electron chi connectivity index (χ2n) is 11.1. The normalized spacial score (nSPS) is 18.3. The van der Waals surface area contributed by atoms with Crippen LogP contribution in [0.4, 0.5) is 32.2 Å². The quantitative estimate of drug-likeness (QED) is 0.234. The number of halogens is 7. The van der Waals surface area contributed by atoms with Crippen LogP contribution in [-0.2, 0) is 35.8 Å². The molecule has 0 radical (unpaired) electrons. The van der Waals surface area contributed by atoms with Gasteiger partial charge in [0.1, 0.15) is 12.1 Å². The number of alkyl halides is 5. The van der Waals surface area contributed by atoms with E-state index in [0.29, 0.717) is 20.5 Å². The van der Waals surface area contributed by atoms with E-state index in [9.17, 15) is 40.5 Å². The molecule has 0 aliphatic carbocycles. The molecule has 266 valence electrons. The van der Waals surface area contributed by atoms with E-state index < -0.39 is 81.5 Å². The Labute approximate surface area is 283 Å². The van der Waals surface area contributed by atoms with Crippen molar-refractivity contribution in [2.75, 3.05) is 31.1 Å². The van der Waals surface area contributed by atoms with Crippen LogP contribution >= 0.6 is 22.9 Å². The summed E-state index contributed by atoms with van der Waals surface area (Å²) in [5.74, 6) is -4.99. The van der Waals surface area contributed by atoms with Gasteiger partial charge >= 0.3 is 18.2 Å². The predicted octanol–water partition coefficient (Wildman–Crippen LogP) is 4.48. The van der Waals surface area contributed by atoms with Crippen LogP contribution in [0.5, 0.6) is 0 Å². The first kappa shape index (κ1) is 36.6. The molecule has 2 atom stereocenters. The molecule has 1 aromatic carbocycles. The summed E-state index contributed by atoms with van der Waals surface area (Å²) in [4.78, 5) is 42.7. The highest BCUT2D eigenvalue weighted by molar-refractivity contribution is 7.89. The molecule has 0 spiro atoms. The summed E-state index contributed by atoms with van der Waals surface area (Å²) >= 11 is 6.98. The lowest BCUT2D eigenvalue weighted by atomic mass is 10.1. The maximum absolute atomic E-state index is 16.0. The van der Waals surface area contributed by atoms with Gasteiger partial charge in [-0.3, -0.25) is 9.59 Å². The van der Waals surface area contributed by atoms with E-state index in [-0.39, 0.29) is 41.6 Å². The Morgan fingerprint density at radius 1 is 1.20 bits per heavy atom. The molecule has 1 N–H and O–H groups in total. The number of carbonyl (C=O) groups excluding carboxylic acids is 3. The zero-order valence-electron chi connectivity index (χ0n) is 25.2. The number of thiophene rings is 1. The summed E-state index contributed by atoms with van der Waals surface area (Å²) in [6.07, 6.45) is -5.44. The highest BCUT2D eigenvalue weighted by Crippen LogP contribution is 2.38. The molecule has 5 rings (SSSR count). The fraction of sp³-hybridized carbons (Fsp3) is 0.429. The van der Waals surface area contributed by atoms with Gasteiger partial charge in [0.25, 0.3) is 0 Å². The second kappa shape index (κ2) is 13.9. The Hall–Kier alpha value is -3.72. The first-order valence-electron chi connectivity index (χ1n) is 14.4. The van der Waals surface area contributed by atoms with Crippen LogP contribution in [0.25, 0.3) is 10.6 Å². The molecule has 0 bridgehead atoms. The zero-order chi connectivity index (χ0) is 35.9. The summed E-state index contributed by atoms with van der Waals surface area (Å²) in [5, 5.41) is 5.88. The molecule has 2 aliphatic rings. The lowest BCUT2D eigenvalue weighted by Gasteiger charge is -2.39. The van der Waals surface area contributed by atoms with E-state index >= 15 is 8.78 Å². The van der Waals surface area contributed by atoms with E-state index in [2.05, 4.69) is 15.4 Å². The van der Waals surface area contributed by atoms with E-state index in [1.807, 2.05) is 0 Å². The second-order valence-corrected chi connectivity index (χ2v) is 14.6. The summed E-state index contributed by atoms with van der Waals surface area (Å²) in [7, 11) is -5.78. The van der Waals surface area contributed by atoms with Crippen molar-refractivity contribution in [2.24, 2.45) is 0 Å². The van der Waals surface area contributed by atoms with Crippen molar-refractivity contribution in [3.8, 4) is 10.6 Å². The van der Waals surface area contributed by atoms with Gasteiger partial charge in [-0.1, -0.05) is 22.8 Å². The van der Waals surface area contributed by atoms with Crippen molar-refractivity contribution in [2.45, 2.75) is 55.4 Å². The third-order valence-electron chi connectivity index (χ3n) is 7.98. The number of hydrogen-bond acceptors (Lipinski definition) is 10. The van der Waals surface area contributed by atoms with Crippen molar-refractivity contribution in [3.63, 3.8) is 0 Å². The average molecular weight is 758 g/mol. The molecule has 4 heterocycles. The molecular weight excluding hydrogens is 732 g/mol. The number of nitrogens with one attached hydrogen (secondary N) is 1. The highest BCUT2D eigenvalue weighted by Gasteiger charge is 2.60. The molecule has 2 aliphatic heterocycles. The van der Waals surface area contributed by atoms with Crippen molar-refractivity contribution < 1.29 is 58.7 Å². The van der Waals surface area contributed by atoms with Gasteiger partial charge < -0.3 is 19.6 Å². The van der Waals surface area contributed by atoms with Crippen LogP contribution in [-0.4, -0.2) is 91.0 Å². The monoisotopic (exact) mass is 757 g/mol. The molecule has 49 heavy (non-hydrogen) atoms. The van der Waals surface area contributed by atoms with Crippen LogP contribution in [0, 0.1) is 6.92 Å². The van der Waals surface area contributed by atoms with Crippen LogP contribution < -0.4 is 10.2 Å². The number of carbonyl (C=O) groups is 3. The average Bonchev–Trinajstić information content (AvgIpc) is 3.80. The fourth-order valence-corrected chi connectivity index (χ4v) is 8.48.